The van der Waals surface area contributed by atoms with Crippen molar-refractivity contribution >= 4 is 34.4 Å². The average molecular weight is 501 g/mol. The van der Waals surface area contributed by atoms with E-state index in [1.54, 1.807) is 18.3 Å². The fraction of sp³-hybridized carbons (Fsp3) is 0.241. The lowest BCUT2D eigenvalue weighted by Crippen LogP contribution is -2.48. The molecule has 1 saturated heterocycles. The molecule has 5 rings (SSSR count). The highest BCUT2D eigenvalue weighted by atomic mass is 32.2. The summed E-state index contributed by atoms with van der Waals surface area (Å²) in [5.74, 6) is -0.576. The highest BCUT2D eigenvalue weighted by molar-refractivity contribution is 8.00. The van der Waals surface area contributed by atoms with Crippen LogP contribution in [0.3, 0.4) is 0 Å². The van der Waals surface area contributed by atoms with Crippen molar-refractivity contribution in [1.29, 1.82) is 0 Å². The molecule has 3 aromatic carbocycles. The molecule has 0 spiro atoms. The fourth-order valence-corrected chi connectivity index (χ4v) is 5.35. The van der Waals surface area contributed by atoms with Crippen LogP contribution >= 0.6 is 11.9 Å². The van der Waals surface area contributed by atoms with E-state index in [0.29, 0.717) is 24.3 Å². The number of hydrogen-bond donors (Lipinski definition) is 1. The van der Waals surface area contributed by atoms with Gasteiger partial charge in [0.05, 0.1) is 16.1 Å². The standard InChI is InChI=1S/C29H29FN4OS/c1-20-8-9-24(21(2)17-20)19-33-13-15-34(16-14-33)29(35)23-10-11-26(25(30)18-23)32-36-27-7-3-5-22-6-4-12-31-28(22)27/h3-12,17-18,32H,13-16,19H2,1-2H3. The van der Waals surface area contributed by atoms with Crippen molar-refractivity contribution in [3.63, 3.8) is 0 Å². The molecule has 1 amide bonds. The minimum absolute atomic E-state index is 0.127. The van der Waals surface area contributed by atoms with Crippen molar-refractivity contribution in [2.24, 2.45) is 0 Å². The molecule has 1 aliphatic rings. The number of para-hydroxylation sites is 1. The summed E-state index contributed by atoms with van der Waals surface area (Å²) in [6.07, 6.45) is 1.75. The SMILES string of the molecule is Cc1ccc(CN2CCN(C(=O)c3ccc(NSc4cccc5cccnc45)c(F)c3)CC2)c(C)c1. The van der Waals surface area contributed by atoms with Gasteiger partial charge in [-0.3, -0.25) is 14.7 Å². The first-order valence-electron chi connectivity index (χ1n) is 12.1. The molecule has 0 aliphatic carbocycles. The van der Waals surface area contributed by atoms with Crippen molar-refractivity contribution in [3.05, 3.63) is 101 Å². The molecule has 0 radical (unpaired) electrons. The number of aryl methyl sites for hydroxylation is 2. The summed E-state index contributed by atoms with van der Waals surface area (Å²) in [5.41, 5.74) is 5.46. The van der Waals surface area contributed by atoms with Crippen LogP contribution in [0.4, 0.5) is 10.1 Å². The second kappa shape index (κ2) is 10.7. The zero-order valence-electron chi connectivity index (χ0n) is 20.5. The largest absolute Gasteiger partial charge is 0.336 e. The number of hydrogen-bond acceptors (Lipinski definition) is 5. The third-order valence-corrected chi connectivity index (χ3v) is 7.51. The number of anilines is 1. The Morgan fingerprint density at radius 1 is 1.00 bits per heavy atom. The maximum atomic E-state index is 14.9. The number of amides is 1. The molecule has 1 aliphatic heterocycles. The Labute approximate surface area is 215 Å². The van der Waals surface area contributed by atoms with Crippen LogP contribution in [0.5, 0.6) is 0 Å². The van der Waals surface area contributed by atoms with Gasteiger partial charge < -0.3 is 9.62 Å². The second-order valence-electron chi connectivity index (χ2n) is 9.23. The number of benzene rings is 3. The number of carbonyl (C=O) groups is 1. The number of fused-ring (bicyclic) bond motifs is 1. The van der Waals surface area contributed by atoms with Crippen LogP contribution in [0.1, 0.15) is 27.0 Å². The van der Waals surface area contributed by atoms with Crippen LogP contribution in [0.25, 0.3) is 10.9 Å². The number of aromatic nitrogens is 1. The van der Waals surface area contributed by atoms with Gasteiger partial charge >= 0.3 is 0 Å². The molecule has 184 valence electrons. The Balaban J connectivity index is 1.18. The predicted molar refractivity (Wildman–Crippen MR) is 145 cm³/mol. The number of nitrogens with one attached hydrogen (secondary N) is 1. The highest BCUT2D eigenvalue weighted by Crippen LogP contribution is 2.29. The lowest BCUT2D eigenvalue weighted by atomic mass is 10.0. The van der Waals surface area contributed by atoms with E-state index in [0.717, 1.165) is 35.4 Å². The molecule has 7 heteroatoms. The Morgan fingerprint density at radius 2 is 1.81 bits per heavy atom. The molecule has 0 saturated carbocycles. The van der Waals surface area contributed by atoms with Crippen molar-refractivity contribution < 1.29 is 9.18 Å². The van der Waals surface area contributed by atoms with Gasteiger partial charge in [0.25, 0.3) is 5.91 Å². The van der Waals surface area contributed by atoms with Crippen LogP contribution in [0.2, 0.25) is 0 Å². The summed E-state index contributed by atoms with van der Waals surface area (Å²) in [6, 6.07) is 21.0. The molecule has 36 heavy (non-hydrogen) atoms. The third-order valence-electron chi connectivity index (χ3n) is 6.63. The van der Waals surface area contributed by atoms with E-state index in [9.17, 15) is 9.18 Å². The van der Waals surface area contributed by atoms with E-state index in [4.69, 9.17) is 0 Å². The molecule has 4 aromatic rings. The van der Waals surface area contributed by atoms with E-state index in [-0.39, 0.29) is 5.91 Å². The zero-order valence-corrected chi connectivity index (χ0v) is 21.3. The topological polar surface area (TPSA) is 48.5 Å². The molecule has 1 aromatic heterocycles. The van der Waals surface area contributed by atoms with E-state index in [1.807, 2.05) is 35.2 Å². The van der Waals surface area contributed by atoms with Crippen LogP contribution in [0.15, 0.2) is 77.8 Å². The molecule has 0 unspecified atom stereocenters. The average Bonchev–Trinajstić information content (AvgIpc) is 2.89. The smallest absolute Gasteiger partial charge is 0.254 e. The summed E-state index contributed by atoms with van der Waals surface area (Å²) in [4.78, 5) is 22.6. The van der Waals surface area contributed by atoms with E-state index >= 15 is 0 Å². The maximum Gasteiger partial charge on any atom is 0.254 e. The number of piperazine rings is 1. The van der Waals surface area contributed by atoms with Gasteiger partial charge in [0.2, 0.25) is 0 Å². The lowest BCUT2D eigenvalue weighted by Gasteiger charge is -2.35. The maximum absolute atomic E-state index is 14.9. The number of halogens is 1. The first-order valence-corrected chi connectivity index (χ1v) is 12.9. The first kappa shape index (κ1) is 24.3. The van der Waals surface area contributed by atoms with Crippen molar-refractivity contribution in [2.75, 3.05) is 30.9 Å². The fourth-order valence-electron chi connectivity index (χ4n) is 4.56. The van der Waals surface area contributed by atoms with Crippen LogP contribution in [-0.4, -0.2) is 46.9 Å². The van der Waals surface area contributed by atoms with E-state index in [1.165, 1.54) is 34.7 Å². The summed E-state index contributed by atoms with van der Waals surface area (Å²) in [5, 5.41) is 1.03. The molecule has 1 fully saturated rings. The zero-order chi connectivity index (χ0) is 25.1. The predicted octanol–water partition coefficient (Wildman–Crippen LogP) is 6.07. The molecule has 0 bridgehead atoms. The number of nitrogens with zero attached hydrogens (tertiary/aromatic N) is 3. The van der Waals surface area contributed by atoms with E-state index < -0.39 is 5.82 Å². The first-order chi connectivity index (χ1) is 17.5. The van der Waals surface area contributed by atoms with Crippen LogP contribution < -0.4 is 4.72 Å². The van der Waals surface area contributed by atoms with Crippen LogP contribution in [-0.2, 0) is 6.54 Å². The Hall–Kier alpha value is -3.42. The van der Waals surface area contributed by atoms with Gasteiger partial charge in [0.1, 0.15) is 5.82 Å². The number of rotatable bonds is 6. The van der Waals surface area contributed by atoms with Gasteiger partial charge in [-0.2, -0.15) is 0 Å². The normalized spacial score (nSPS) is 14.2. The third kappa shape index (κ3) is 5.37. The minimum Gasteiger partial charge on any atom is -0.336 e. The quantitative estimate of drug-likeness (QED) is 0.326. The van der Waals surface area contributed by atoms with Crippen molar-refractivity contribution in [3.8, 4) is 0 Å². The van der Waals surface area contributed by atoms with Gasteiger partial charge in [-0.15, -0.1) is 0 Å². The molecule has 0 atom stereocenters. The van der Waals surface area contributed by atoms with E-state index in [2.05, 4.69) is 46.7 Å². The van der Waals surface area contributed by atoms with Gasteiger partial charge in [0, 0.05) is 49.9 Å². The van der Waals surface area contributed by atoms with Gasteiger partial charge in [0.15, 0.2) is 0 Å². The Morgan fingerprint density at radius 3 is 2.58 bits per heavy atom. The lowest BCUT2D eigenvalue weighted by molar-refractivity contribution is 0.0628. The van der Waals surface area contributed by atoms with Crippen molar-refractivity contribution in [2.45, 2.75) is 25.3 Å². The number of pyridine rings is 1. The monoisotopic (exact) mass is 500 g/mol. The molecular weight excluding hydrogens is 471 g/mol. The van der Waals surface area contributed by atoms with Crippen molar-refractivity contribution in [1.82, 2.24) is 14.8 Å². The van der Waals surface area contributed by atoms with Gasteiger partial charge in [-0.25, -0.2) is 4.39 Å². The Bertz CT molecular complexity index is 1400. The van der Waals surface area contributed by atoms with Gasteiger partial charge in [-0.05, 0) is 67.3 Å². The van der Waals surface area contributed by atoms with Crippen LogP contribution in [0, 0.1) is 19.7 Å². The molecule has 2 heterocycles. The molecule has 1 N–H and O–H groups in total. The second-order valence-corrected chi connectivity index (χ2v) is 10.1. The minimum atomic E-state index is -0.449. The summed E-state index contributed by atoms with van der Waals surface area (Å²) < 4.78 is 18.0. The number of carbonyl (C=O) groups excluding carboxylic acids is 1. The van der Waals surface area contributed by atoms with Gasteiger partial charge in [-0.1, -0.05) is 42.0 Å². The molecular formula is C29H29FN4OS. The molecule has 5 nitrogen and oxygen atoms in total. The Kier molecular flexibility index (Phi) is 7.20. The summed E-state index contributed by atoms with van der Waals surface area (Å²) >= 11 is 1.31. The summed E-state index contributed by atoms with van der Waals surface area (Å²) in [7, 11) is 0. The highest BCUT2D eigenvalue weighted by Gasteiger charge is 2.23. The summed E-state index contributed by atoms with van der Waals surface area (Å²) in [6.45, 7) is 8.01.